The third kappa shape index (κ3) is 8.42. The summed E-state index contributed by atoms with van der Waals surface area (Å²) in [6, 6.07) is 20.0. The Bertz CT molecular complexity index is 2210. The molecule has 286 valence electrons. The Morgan fingerprint density at radius 2 is 1.57 bits per heavy atom. The number of nitrogens with zero attached hydrogens (tertiary/aromatic N) is 8. The van der Waals surface area contributed by atoms with E-state index in [2.05, 4.69) is 29.2 Å². The van der Waals surface area contributed by atoms with Crippen molar-refractivity contribution in [3.63, 3.8) is 0 Å². The van der Waals surface area contributed by atoms with Gasteiger partial charge in [0.2, 0.25) is 5.79 Å². The predicted octanol–water partition coefficient (Wildman–Crippen LogP) is 4.38. The fraction of sp³-hybridized carbons (Fsp3) is 0.371. The summed E-state index contributed by atoms with van der Waals surface area (Å²) in [6.07, 6.45) is 3.03. The molecule has 0 amide bonds. The summed E-state index contributed by atoms with van der Waals surface area (Å²) in [7, 11) is -4.67. The lowest BCUT2D eigenvalue weighted by atomic mass is 10.1. The van der Waals surface area contributed by atoms with Crippen molar-refractivity contribution in [2.75, 3.05) is 49.2 Å². The second kappa shape index (κ2) is 15.7. The van der Waals surface area contributed by atoms with Crippen molar-refractivity contribution in [3.8, 4) is 11.4 Å². The summed E-state index contributed by atoms with van der Waals surface area (Å²) in [5.41, 5.74) is 2.89. The maximum absolute atomic E-state index is 13.0. The number of halogens is 2. The monoisotopic (exact) mass is 800 g/mol. The third-order valence-electron chi connectivity index (χ3n) is 9.48. The Kier molecular flexibility index (Phi) is 11.0. The molecule has 7 rings (SSSR count). The Balaban J connectivity index is 0.914. The minimum atomic E-state index is -4.67. The van der Waals surface area contributed by atoms with Crippen LogP contribution in [0.3, 0.4) is 0 Å². The topological polar surface area (TPSA) is 168 Å². The van der Waals surface area contributed by atoms with Gasteiger partial charge in [0, 0.05) is 48.1 Å². The molecule has 4 atom stereocenters. The Hall–Kier alpha value is -4.49. The normalized spacial score (nSPS) is 20.3. The van der Waals surface area contributed by atoms with E-state index in [0.29, 0.717) is 33.7 Å². The van der Waals surface area contributed by atoms with Gasteiger partial charge in [-0.2, -0.15) is 18.6 Å². The van der Waals surface area contributed by atoms with Gasteiger partial charge < -0.3 is 24.0 Å². The van der Waals surface area contributed by atoms with Gasteiger partial charge in [-0.3, -0.25) is 4.55 Å². The van der Waals surface area contributed by atoms with Crippen LogP contribution < -0.4 is 20.2 Å². The van der Waals surface area contributed by atoms with E-state index in [1.165, 1.54) is 24.1 Å². The van der Waals surface area contributed by atoms with Crippen molar-refractivity contribution in [2.24, 2.45) is 0 Å². The average molecular weight is 802 g/mol. The first-order valence-corrected chi connectivity index (χ1v) is 19.2. The van der Waals surface area contributed by atoms with E-state index in [9.17, 15) is 13.2 Å². The SMILES string of the molecule is C[C@@H](OS(=O)(=O)O)[C@H](C)n1ncn(-c2ccc(N3CCN(c4ccc(OC[C@H]5CO[C@](Cn6cncn6)(c6ccc(Cl)cc6Cl)O5)cc4)CC3)cc2)c1=O. The number of aromatic nitrogens is 6. The predicted molar refractivity (Wildman–Crippen MR) is 200 cm³/mol. The first kappa shape index (κ1) is 37.8. The smallest absolute Gasteiger partial charge is 0.397 e. The van der Waals surface area contributed by atoms with E-state index in [-0.39, 0.29) is 19.3 Å². The zero-order valence-electron chi connectivity index (χ0n) is 29.3. The largest absolute Gasteiger partial charge is 0.491 e. The second-order valence-electron chi connectivity index (χ2n) is 13.0. The number of anilines is 2. The number of hydrogen-bond donors (Lipinski definition) is 1. The summed E-state index contributed by atoms with van der Waals surface area (Å²) in [5, 5.41) is 9.28. The maximum atomic E-state index is 13.0. The molecule has 2 aliphatic heterocycles. The van der Waals surface area contributed by atoms with Crippen molar-refractivity contribution in [1.29, 1.82) is 0 Å². The van der Waals surface area contributed by atoms with E-state index in [1.807, 2.05) is 48.5 Å². The number of hydrogen-bond acceptors (Lipinski definition) is 12. The molecule has 19 heteroatoms. The Morgan fingerprint density at radius 1 is 0.926 bits per heavy atom. The quantitative estimate of drug-likeness (QED) is 0.167. The summed E-state index contributed by atoms with van der Waals surface area (Å²) >= 11 is 12.7. The molecule has 2 saturated heterocycles. The summed E-state index contributed by atoms with van der Waals surface area (Å²) in [6.45, 7) is 7.02. The number of piperazine rings is 1. The van der Waals surface area contributed by atoms with Crippen LogP contribution in [0.2, 0.25) is 10.0 Å². The molecule has 2 aromatic heterocycles. The fourth-order valence-corrected chi connectivity index (χ4v) is 7.61. The molecule has 1 N–H and O–H groups in total. The molecule has 0 unspecified atom stereocenters. The van der Waals surface area contributed by atoms with Crippen LogP contribution in [-0.4, -0.2) is 93.7 Å². The molecule has 3 aromatic carbocycles. The minimum absolute atomic E-state index is 0.243. The lowest BCUT2D eigenvalue weighted by Crippen LogP contribution is -2.46. The van der Waals surface area contributed by atoms with Crippen LogP contribution in [0.15, 0.2) is 90.5 Å². The van der Waals surface area contributed by atoms with Gasteiger partial charge >= 0.3 is 16.1 Å². The first-order valence-electron chi connectivity index (χ1n) is 17.1. The van der Waals surface area contributed by atoms with E-state index < -0.39 is 34.0 Å². The molecule has 16 nitrogen and oxygen atoms in total. The summed E-state index contributed by atoms with van der Waals surface area (Å²) < 4.78 is 58.7. The average Bonchev–Trinajstić information content (AvgIpc) is 3.91. The lowest BCUT2D eigenvalue weighted by molar-refractivity contribution is -0.190. The molecule has 2 fully saturated rings. The van der Waals surface area contributed by atoms with Crippen LogP contribution in [-0.2, 0) is 36.4 Å². The molecule has 0 spiro atoms. The molecule has 0 saturated carbocycles. The molecule has 4 heterocycles. The molecular formula is C35H38Cl2N8O8S. The molecule has 54 heavy (non-hydrogen) atoms. The Morgan fingerprint density at radius 3 is 2.19 bits per heavy atom. The number of benzene rings is 3. The highest BCUT2D eigenvalue weighted by Gasteiger charge is 2.45. The van der Waals surface area contributed by atoms with Gasteiger partial charge in [0.1, 0.15) is 44.0 Å². The molecule has 5 aromatic rings. The summed E-state index contributed by atoms with van der Waals surface area (Å²) in [4.78, 5) is 21.7. The van der Waals surface area contributed by atoms with E-state index >= 15 is 0 Å². The van der Waals surface area contributed by atoms with Gasteiger partial charge in [-0.1, -0.05) is 29.3 Å². The third-order valence-corrected chi connectivity index (χ3v) is 10.6. The molecule has 0 aliphatic carbocycles. The fourth-order valence-electron chi connectivity index (χ4n) is 6.52. The van der Waals surface area contributed by atoms with E-state index in [1.54, 1.807) is 36.1 Å². The zero-order chi connectivity index (χ0) is 38.0. The van der Waals surface area contributed by atoms with Crippen LogP contribution >= 0.6 is 23.2 Å². The maximum Gasteiger partial charge on any atom is 0.397 e. The molecule has 0 bridgehead atoms. The molecular weight excluding hydrogens is 763 g/mol. The number of ether oxygens (including phenoxy) is 3. The van der Waals surface area contributed by atoms with Crippen LogP contribution in [0.25, 0.3) is 5.69 Å². The van der Waals surface area contributed by atoms with Gasteiger partial charge in [-0.15, -0.1) is 0 Å². The van der Waals surface area contributed by atoms with Gasteiger partial charge in [0.25, 0.3) is 0 Å². The van der Waals surface area contributed by atoms with Crippen LogP contribution in [0.5, 0.6) is 5.75 Å². The number of rotatable bonds is 13. The molecule has 2 aliphatic rings. The highest BCUT2D eigenvalue weighted by Crippen LogP contribution is 2.40. The van der Waals surface area contributed by atoms with Crippen molar-refractivity contribution in [2.45, 2.75) is 44.4 Å². The summed E-state index contributed by atoms with van der Waals surface area (Å²) in [5.74, 6) is -0.480. The van der Waals surface area contributed by atoms with Gasteiger partial charge in [-0.05, 0) is 74.5 Å². The van der Waals surface area contributed by atoms with Crippen LogP contribution in [0, 0.1) is 0 Å². The lowest BCUT2D eigenvalue weighted by Gasteiger charge is -2.37. The minimum Gasteiger partial charge on any atom is -0.491 e. The highest BCUT2D eigenvalue weighted by molar-refractivity contribution is 7.80. The zero-order valence-corrected chi connectivity index (χ0v) is 31.6. The van der Waals surface area contributed by atoms with Crippen molar-refractivity contribution >= 4 is 45.0 Å². The first-order chi connectivity index (χ1) is 25.9. The van der Waals surface area contributed by atoms with Gasteiger partial charge in [0.15, 0.2) is 0 Å². The second-order valence-corrected chi connectivity index (χ2v) is 14.9. The van der Waals surface area contributed by atoms with Crippen LogP contribution in [0.1, 0.15) is 25.5 Å². The van der Waals surface area contributed by atoms with Crippen molar-refractivity contribution in [3.05, 3.63) is 112 Å². The Labute approximate surface area is 321 Å². The van der Waals surface area contributed by atoms with Crippen molar-refractivity contribution < 1.29 is 31.4 Å². The van der Waals surface area contributed by atoms with E-state index in [4.69, 9.17) is 42.0 Å². The van der Waals surface area contributed by atoms with Gasteiger partial charge in [0.05, 0.1) is 29.5 Å². The highest BCUT2D eigenvalue weighted by atomic mass is 35.5. The standard InChI is InChI=1S/C35H38Cl2N8O8S/c1-24(25(2)53-54(47,48)49)45-34(46)44(23-40-45)29-6-4-27(5-7-29)41-13-15-42(16-14-41)28-8-10-30(11-9-28)50-18-31-19-51-35(52-31,20-43-22-38-21-39-43)32-12-3-26(36)17-33(32)37/h3-12,17,21-25,31H,13-16,18-20H2,1-2H3,(H,47,48,49)/t24-,25+,31-,35-/m0/s1. The van der Waals surface area contributed by atoms with Crippen LogP contribution in [0.4, 0.5) is 11.4 Å². The molecule has 0 radical (unpaired) electrons. The van der Waals surface area contributed by atoms with Crippen molar-refractivity contribution in [1.82, 2.24) is 29.1 Å². The van der Waals surface area contributed by atoms with Gasteiger partial charge in [-0.25, -0.2) is 27.9 Å². The van der Waals surface area contributed by atoms with E-state index in [0.717, 1.165) is 42.2 Å².